The van der Waals surface area contributed by atoms with Gasteiger partial charge in [-0.25, -0.2) is 0 Å². The largest absolute Gasteiger partial charge is 0.497 e. The van der Waals surface area contributed by atoms with Crippen molar-refractivity contribution >= 4 is 35.0 Å². The Morgan fingerprint density at radius 1 is 0.933 bits per heavy atom. The van der Waals surface area contributed by atoms with Crippen LogP contribution in [-0.4, -0.2) is 24.7 Å². The molecule has 1 fully saturated rings. The number of carbonyl (C=O) groups excluding carboxylic acids is 2. The summed E-state index contributed by atoms with van der Waals surface area (Å²) in [7, 11) is 1.60. The van der Waals surface area contributed by atoms with Gasteiger partial charge in [0.1, 0.15) is 5.75 Å². The zero-order valence-electron chi connectivity index (χ0n) is 16.4. The first kappa shape index (κ1) is 18.8. The average Bonchev–Trinajstić information content (AvgIpc) is 3.26. The van der Waals surface area contributed by atoms with E-state index in [0.717, 1.165) is 16.8 Å². The first-order valence-electron chi connectivity index (χ1n) is 9.71. The van der Waals surface area contributed by atoms with Crippen molar-refractivity contribution in [1.82, 2.24) is 0 Å². The molecule has 3 aromatic carbocycles. The minimum Gasteiger partial charge on any atom is -0.497 e. The molecule has 0 unspecified atom stereocenters. The van der Waals surface area contributed by atoms with E-state index in [1.165, 1.54) is 11.8 Å². The lowest BCUT2D eigenvalue weighted by atomic mass is 10.0. The molecular weight excluding hydrogens is 396 g/mol. The Kier molecular flexibility index (Phi) is 4.51. The first-order valence-corrected chi connectivity index (χ1v) is 10.7. The van der Waals surface area contributed by atoms with E-state index in [1.807, 2.05) is 78.9 Å². The van der Waals surface area contributed by atoms with Gasteiger partial charge in [-0.15, -0.1) is 11.8 Å². The second kappa shape index (κ2) is 7.22. The van der Waals surface area contributed by atoms with Gasteiger partial charge in [0.15, 0.2) is 0 Å². The summed E-state index contributed by atoms with van der Waals surface area (Å²) < 4.78 is 5.25. The van der Waals surface area contributed by atoms with Crippen LogP contribution in [0.15, 0.2) is 78.9 Å². The maximum Gasteiger partial charge on any atom is 0.269 e. The lowest BCUT2D eigenvalue weighted by molar-refractivity contribution is -0.123. The zero-order chi connectivity index (χ0) is 20.7. The van der Waals surface area contributed by atoms with Crippen LogP contribution in [0.3, 0.4) is 0 Å². The number of hydrogen-bond donors (Lipinski definition) is 0. The highest BCUT2D eigenvalue weighted by molar-refractivity contribution is 8.02. The molecule has 0 bridgehead atoms. The van der Waals surface area contributed by atoms with Crippen molar-refractivity contribution in [2.45, 2.75) is 11.4 Å². The number of thioether (sulfide) groups is 1. The number of ether oxygens (including phenoxy) is 1. The molecule has 1 atom stereocenters. The Labute approximate surface area is 179 Å². The number of nitrogens with zero attached hydrogens (tertiary/aromatic N) is 2. The van der Waals surface area contributed by atoms with E-state index in [0.29, 0.717) is 18.0 Å². The summed E-state index contributed by atoms with van der Waals surface area (Å²) in [5, 5.41) is 0. The molecule has 2 aliphatic heterocycles. The molecule has 0 saturated carbocycles. The molecule has 0 radical (unpaired) electrons. The van der Waals surface area contributed by atoms with Crippen LogP contribution < -0.4 is 14.5 Å². The normalized spacial score (nSPS) is 20.2. The molecule has 6 heteroatoms. The first-order chi connectivity index (χ1) is 14.6. The zero-order valence-corrected chi connectivity index (χ0v) is 17.3. The topological polar surface area (TPSA) is 49.9 Å². The number of methoxy groups -OCH3 is 1. The molecule has 0 aliphatic carbocycles. The number of benzene rings is 3. The van der Waals surface area contributed by atoms with Gasteiger partial charge < -0.3 is 9.64 Å². The van der Waals surface area contributed by atoms with Gasteiger partial charge in [-0.05, 0) is 35.9 Å². The molecule has 2 aliphatic rings. The third-order valence-electron chi connectivity index (χ3n) is 5.58. The van der Waals surface area contributed by atoms with Crippen LogP contribution in [0.4, 0.5) is 11.4 Å². The van der Waals surface area contributed by atoms with Crippen LogP contribution in [0.2, 0.25) is 0 Å². The Morgan fingerprint density at radius 2 is 1.63 bits per heavy atom. The Balaban J connectivity index is 1.62. The van der Waals surface area contributed by atoms with Crippen molar-refractivity contribution in [3.8, 4) is 5.75 Å². The van der Waals surface area contributed by atoms with E-state index in [1.54, 1.807) is 16.9 Å². The number of carbonyl (C=O) groups is 2. The molecule has 1 spiro atoms. The summed E-state index contributed by atoms with van der Waals surface area (Å²) in [6, 6.07) is 25.0. The number of para-hydroxylation sites is 1. The molecule has 3 aromatic rings. The fourth-order valence-electron chi connectivity index (χ4n) is 4.21. The second-order valence-corrected chi connectivity index (χ2v) is 8.42. The summed E-state index contributed by atoms with van der Waals surface area (Å²) in [5.74, 6) is 0.802. The van der Waals surface area contributed by atoms with Gasteiger partial charge >= 0.3 is 0 Å². The maximum absolute atomic E-state index is 13.9. The number of rotatable bonds is 4. The van der Waals surface area contributed by atoms with Crippen LogP contribution >= 0.6 is 11.8 Å². The summed E-state index contributed by atoms with van der Waals surface area (Å²) in [5.41, 5.74) is 3.45. The number of fused-ring (bicyclic) bond motifs is 2. The Morgan fingerprint density at radius 3 is 2.37 bits per heavy atom. The van der Waals surface area contributed by atoms with Crippen molar-refractivity contribution in [3.05, 3.63) is 90.0 Å². The van der Waals surface area contributed by atoms with Gasteiger partial charge in [-0.1, -0.05) is 48.5 Å². The van der Waals surface area contributed by atoms with Crippen molar-refractivity contribution < 1.29 is 14.3 Å². The van der Waals surface area contributed by atoms with Gasteiger partial charge in [0, 0.05) is 11.3 Å². The monoisotopic (exact) mass is 416 g/mol. The Hall–Kier alpha value is -3.25. The summed E-state index contributed by atoms with van der Waals surface area (Å²) in [6.07, 6.45) is 0. The average molecular weight is 417 g/mol. The van der Waals surface area contributed by atoms with Crippen molar-refractivity contribution in [3.63, 3.8) is 0 Å². The third-order valence-corrected chi connectivity index (χ3v) is 6.96. The predicted molar refractivity (Wildman–Crippen MR) is 119 cm³/mol. The molecule has 150 valence electrons. The smallest absolute Gasteiger partial charge is 0.269 e. The lowest BCUT2D eigenvalue weighted by Gasteiger charge is -2.33. The number of anilines is 2. The molecule has 5 nitrogen and oxygen atoms in total. The van der Waals surface area contributed by atoms with Crippen molar-refractivity contribution in [2.24, 2.45) is 0 Å². The quantitative estimate of drug-likeness (QED) is 0.640. The summed E-state index contributed by atoms with van der Waals surface area (Å²) in [4.78, 5) is 29.3. The molecule has 0 N–H and O–H groups in total. The van der Waals surface area contributed by atoms with E-state index in [9.17, 15) is 9.59 Å². The van der Waals surface area contributed by atoms with Gasteiger partial charge in [-0.2, -0.15) is 0 Å². The fraction of sp³-hybridized carbons (Fsp3) is 0.167. The molecule has 30 heavy (non-hydrogen) atoms. The fourth-order valence-corrected chi connectivity index (χ4v) is 5.57. The van der Waals surface area contributed by atoms with Gasteiger partial charge in [0.25, 0.3) is 5.91 Å². The van der Waals surface area contributed by atoms with Crippen molar-refractivity contribution in [1.29, 1.82) is 0 Å². The van der Waals surface area contributed by atoms with Crippen LogP contribution in [0.25, 0.3) is 0 Å². The van der Waals surface area contributed by atoms with E-state index < -0.39 is 4.87 Å². The van der Waals surface area contributed by atoms with Crippen LogP contribution in [0.5, 0.6) is 5.75 Å². The second-order valence-electron chi connectivity index (χ2n) is 7.25. The molecule has 0 aromatic heterocycles. The van der Waals surface area contributed by atoms with E-state index >= 15 is 0 Å². The number of amides is 2. The predicted octanol–water partition coefficient (Wildman–Crippen LogP) is 4.17. The molecule has 2 amide bonds. The minimum atomic E-state index is -1.09. The van der Waals surface area contributed by atoms with Crippen molar-refractivity contribution in [2.75, 3.05) is 22.7 Å². The van der Waals surface area contributed by atoms with Crippen LogP contribution in [0, 0.1) is 0 Å². The molecule has 5 rings (SSSR count). The standard InChI is InChI=1S/C24H20N2O3S/c1-29-19-13-11-18(12-14-19)26-22(27)16-30-24(26)20-9-5-6-10-21(20)25(23(24)28)15-17-7-3-2-4-8-17/h2-14H,15-16H2,1H3/t24-/m1/s1. The van der Waals surface area contributed by atoms with Crippen LogP contribution in [-0.2, 0) is 21.0 Å². The highest BCUT2D eigenvalue weighted by Gasteiger charge is 2.60. The molecule has 1 saturated heterocycles. The summed E-state index contributed by atoms with van der Waals surface area (Å²) in [6.45, 7) is 0.462. The lowest BCUT2D eigenvalue weighted by Crippen LogP contribution is -2.49. The highest BCUT2D eigenvalue weighted by Crippen LogP contribution is 2.55. The van der Waals surface area contributed by atoms with Gasteiger partial charge in [0.2, 0.25) is 10.8 Å². The van der Waals surface area contributed by atoms with E-state index in [-0.39, 0.29) is 17.6 Å². The third kappa shape index (κ3) is 2.71. The van der Waals surface area contributed by atoms with Gasteiger partial charge in [-0.3, -0.25) is 14.5 Å². The van der Waals surface area contributed by atoms with Gasteiger partial charge in [0.05, 0.1) is 25.1 Å². The Bertz CT molecular complexity index is 1120. The summed E-state index contributed by atoms with van der Waals surface area (Å²) >= 11 is 1.39. The minimum absolute atomic E-state index is 0.0742. The highest BCUT2D eigenvalue weighted by atomic mass is 32.2. The van der Waals surface area contributed by atoms with Crippen LogP contribution in [0.1, 0.15) is 11.1 Å². The van der Waals surface area contributed by atoms with E-state index in [4.69, 9.17) is 4.74 Å². The molecule has 2 heterocycles. The maximum atomic E-state index is 13.9. The number of hydrogen-bond acceptors (Lipinski definition) is 4. The molecular formula is C24H20N2O3S. The van der Waals surface area contributed by atoms with E-state index in [2.05, 4.69) is 0 Å². The SMILES string of the molecule is COc1ccc(N2C(=O)CS[C@]23C(=O)N(Cc2ccccc2)c2ccccc23)cc1.